The molecule has 1 aliphatic carbocycles. The van der Waals surface area contributed by atoms with Gasteiger partial charge in [0.15, 0.2) is 0 Å². The highest BCUT2D eigenvalue weighted by Gasteiger charge is 2.05. The van der Waals surface area contributed by atoms with Crippen LogP contribution in [0.15, 0.2) is 22.8 Å². The minimum atomic E-state index is 0.00519. The van der Waals surface area contributed by atoms with E-state index < -0.39 is 0 Å². The first-order chi connectivity index (χ1) is 4.20. The van der Waals surface area contributed by atoms with Crippen molar-refractivity contribution in [2.45, 2.75) is 19.8 Å². The van der Waals surface area contributed by atoms with Crippen LogP contribution in [0, 0.1) is 0 Å². The Morgan fingerprint density at radius 2 is 2.22 bits per heavy atom. The third kappa shape index (κ3) is 1.62. The third-order valence-electron chi connectivity index (χ3n) is 1.54. The van der Waals surface area contributed by atoms with Crippen LogP contribution in [0.4, 0.5) is 4.39 Å². The van der Waals surface area contributed by atoms with Gasteiger partial charge in [-0.1, -0.05) is 5.57 Å². The monoisotopic (exact) mass is 144 g/mol. The first-order valence-corrected chi connectivity index (χ1v) is 3.59. The molecule has 0 spiro atoms. The summed E-state index contributed by atoms with van der Waals surface area (Å²) in [4.78, 5) is 0. The molecular formula is C7H10FP. The Kier molecular flexibility index (Phi) is 2.02. The molecule has 0 aromatic heterocycles. The largest absolute Gasteiger partial charge is 0.212 e. The van der Waals surface area contributed by atoms with E-state index in [-0.39, 0.29) is 5.83 Å². The molecule has 0 heterocycles. The molecule has 0 bridgehead atoms. The average Bonchev–Trinajstić information content (AvgIpc) is 1.80. The number of hydrogen-bond acceptors (Lipinski definition) is 0. The highest BCUT2D eigenvalue weighted by molar-refractivity contribution is 7.23. The topological polar surface area (TPSA) is 0 Å². The Morgan fingerprint density at radius 1 is 1.56 bits per heavy atom. The van der Waals surface area contributed by atoms with Gasteiger partial charge in [-0.2, -0.15) is 0 Å². The van der Waals surface area contributed by atoms with E-state index in [1.54, 1.807) is 6.08 Å². The summed E-state index contributed by atoms with van der Waals surface area (Å²) < 4.78 is 12.4. The van der Waals surface area contributed by atoms with Crippen molar-refractivity contribution >= 4 is 9.24 Å². The number of allylic oxidation sites excluding steroid dienone is 4. The fourth-order valence-electron chi connectivity index (χ4n) is 0.815. The molecule has 1 rings (SSSR count). The Labute approximate surface area is 57.0 Å². The van der Waals surface area contributed by atoms with Crippen molar-refractivity contribution in [1.82, 2.24) is 0 Å². The normalized spacial score (nSPS) is 20.1. The second kappa shape index (κ2) is 2.62. The quantitative estimate of drug-likeness (QED) is 0.458. The van der Waals surface area contributed by atoms with Crippen LogP contribution in [0.5, 0.6) is 0 Å². The van der Waals surface area contributed by atoms with Crippen molar-refractivity contribution < 1.29 is 4.39 Å². The molecule has 1 unspecified atom stereocenters. The molecule has 0 aliphatic heterocycles. The van der Waals surface area contributed by atoms with Crippen LogP contribution in [0.1, 0.15) is 19.8 Å². The molecule has 0 amide bonds. The van der Waals surface area contributed by atoms with E-state index in [1.807, 2.05) is 6.92 Å². The summed E-state index contributed by atoms with van der Waals surface area (Å²) in [5, 5.41) is 1.01. The molecule has 2 heteroatoms. The van der Waals surface area contributed by atoms with Crippen molar-refractivity contribution in [3.63, 3.8) is 0 Å². The summed E-state index contributed by atoms with van der Waals surface area (Å²) in [5.41, 5.74) is 1.28. The second-order valence-corrected chi connectivity index (χ2v) is 2.95. The Balaban J connectivity index is 2.83. The molecule has 0 radical (unpaired) electrons. The zero-order chi connectivity index (χ0) is 6.85. The predicted octanol–water partition coefficient (Wildman–Crippen LogP) is 2.78. The zero-order valence-corrected chi connectivity index (χ0v) is 6.60. The summed E-state index contributed by atoms with van der Waals surface area (Å²) in [7, 11) is 2.53. The molecule has 1 atom stereocenters. The third-order valence-corrected chi connectivity index (χ3v) is 2.20. The standard InChI is InChI=1S/C7H10FP/c1-5-2-3-6(8)4-7(5)9/h4H,2-3,9H2,1H3. The maximum Gasteiger partial charge on any atom is 0.101 e. The van der Waals surface area contributed by atoms with Crippen molar-refractivity contribution in [2.24, 2.45) is 0 Å². The van der Waals surface area contributed by atoms with Crippen LogP contribution in [0.2, 0.25) is 0 Å². The lowest BCUT2D eigenvalue weighted by atomic mass is 10.1. The van der Waals surface area contributed by atoms with E-state index in [4.69, 9.17) is 0 Å². The molecule has 0 N–H and O–H groups in total. The van der Waals surface area contributed by atoms with Gasteiger partial charge in [0.25, 0.3) is 0 Å². The molecule has 1 aliphatic rings. The van der Waals surface area contributed by atoms with Gasteiger partial charge in [0, 0.05) is 6.42 Å². The minimum Gasteiger partial charge on any atom is -0.212 e. The van der Waals surface area contributed by atoms with Gasteiger partial charge in [0.05, 0.1) is 0 Å². The number of hydrogen-bond donors (Lipinski definition) is 0. The van der Waals surface area contributed by atoms with E-state index >= 15 is 0 Å². The van der Waals surface area contributed by atoms with Crippen LogP contribution in [-0.4, -0.2) is 0 Å². The summed E-state index contributed by atoms with van der Waals surface area (Å²) in [6.45, 7) is 2.03. The molecule has 50 valence electrons. The first-order valence-electron chi connectivity index (χ1n) is 3.01. The summed E-state index contributed by atoms with van der Waals surface area (Å²) in [6.07, 6.45) is 3.05. The molecular weight excluding hydrogens is 134 g/mol. The summed E-state index contributed by atoms with van der Waals surface area (Å²) in [5.74, 6) is 0.00519. The zero-order valence-electron chi connectivity index (χ0n) is 5.45. The van der Waals surface area contributed by atoms with E-state index in [2.05, 4.69) is 9.24 Å². The second-order valence-electron chi connectivity index (χ2n) is 2.33. The Bertz CT molecular complexity index is 179. The molecule has 0 fully saturated rings. The van der Waals surface area contributed by atoms with Crippen LogP contribution in [0.25, 0.3) is 0 Å². The summed E-state index contributed by atoms with van der Waals surface area (Å²) >= 11 is 0. The van der Waals surface area contributed by atoms with Gasteiger partial charge in [-0.15, -0.1) is 9.24 Å². The van der Waals surface area contributed by atoms with E-state index in [0.717, 1.165) is 11.7 Å². The SMILES string of the molecule is CC1=C(P)C=C(F)CC1. The van der Waals surface area contributed by atoms with Gasteiger partial charge >= 0.3 is 0 Å². The van der Waals surface area contributed by atoms with Gasteiger partial charge < -0.3 is 0 Å². The molecule has 0 aromatic rings. The van der Waals surface area contributed by atoms with Crippen LogP contribution >= 0.6 is 9.24 Å². The molecule has 9 heavy (non-hydrogen) atoms. The molecule has 0 aromatic carbocycles. The number of halogens is 1. The molecule has 0 saturated heterocycles. The van der Waals surface area contributed by atoms with E-state index in [9.17, 15) is 4.39 Å². The molecule has 0 saturated carbocycles. The van der Waals surface area contributed by atoms with Crippen molar-refractivity contribution in [3.05, 3.63) is 22.8 Å². The van der Waals surface area contributed by atoms with Gasteiger partial charge in [-0.3, -0.25) is 0 Å². The van der Waals surface area contributed by atoms with E-state index in [1.165, 1.54) is 5.57 Å². The molecule has 0 nitrogen and oxygen atoms in total. The number of rotatable bonds is 0. The maximum atomic E-state index is 12.4. The van der Waals surface area contributed by atoms with Gasteiger partial charge in [-0.05, 0) is 24.7 Å². The Hall–Kier alpha value is -0.160. The van der Waals surface area contributed by atoms with E-state index in [0.29, 0.717) is 6.42 Å². The Morgan fingerprint density at radius 3 is 2.67 bits per heavy atom. The van der Waals surface area contributed by atoms with Gasteiger partial charge in [-0.25, -0.2) is 4.39 Å². The van der Waals surface area contributed by atoms with Crippen LogP contribution in [-0.2, 0) is 0 Å². The fraction of sp³-hybridized carbons (Fsp3) is 0.429. The van der Waals surface area contributed by atoms with Crippen molar-refractivity contribution in [1.29, 1.82) is 0 Å². The predicted molar refractivity (Wildman–Crippen MR) is 40.8 cm³/mol. The lowest BCUT2D eigenvalue weighted by Crippen LogP contribution is -1.88. The summed E-state index contributed by atoms with van der Waals surface area (Å²) in [6, 6.07) is 0. The van der Waals surface area contributed by atoms with Crippen LogP contribution in [0.3, 0.4) is 0 Å². The fourth-order valence-corrected chi connectivity index (χ4v) is 1.14. The lowest BCUT2D eigenvalue weighted by molar-refractivity contribution is 0.581. The van der Waals surface area contributed by atoms with Gasteiger partial charge in [0.2, 0.25) is 0 Å². The highest BCUT2D eigenvalue weighted by atomic mass is 31.0. The van der Waals surface area contributed by atoms with Gasteiger partial charge in [0.1, 0.15) is 5.83 Å². The maximum absolute atomic E-state index is 12.4. The first kappa shape index (κ1) is 6.95. The minimum absolute atomic E-state index is 0.00519. The smallest absolute Gasteiger partial charge is 0.101 e. The van der Waals surface area contributed by atoms with Crippen molar-refractivity contribution in [2.75, 3.05) is 0 Å². The highest BCUT2D eigenvalue weighted by Crippen LogP contribution is 2.27. The lowest BCUT2D eigenvalue weighted by Gasteiger charge is -2.08. The van der Waals surface area contributed by atoms with Crippen LogP contribution < -0.4 is 0 Å². The van der Waals surface area contributed by atoms with Crippen molar-refractivity contribution in [3.8, 4) is 0 Å². The average molecular weight is 144 g/mol.